The van der Waals surface area contributed by atoms with Crippen LogP contribution in [0.25, 0.3) is 11.1 Å². The molecule has 2 heterocycles. The van der Waals surface area contributed by atoms with Crippen molar-refractivity contribution >= 4 is 22.4 Å². The zero-order chi connectivity index (χ0) is 13.9. The normalized spacial score (nSPS) is 22.1. The smallest absolute Gasteiger partial charge is 0.147 e. The molecule has 5 nitrogen and oxygen atoms in total. The van der Waals surface area contributed by atoms with Crippen LogP contribution in [-0.2, 0) is 4.74 Å². The number of rotatable bonds is 4. The Bertz CT molecular complexity index is 572. The molecule has 1 aliphatic carbocycles. The lowest BCUT2D eigenvalue weighted by Crippen LogP contribution is -2.29. The number of ether oxygens (including phenoxy) is 1. The Hall–Kier alpha value is -1.66. The molecule has 0 saturated heterocycles. The van der Waals surface area contributed by atoms with Crippen LogP contribution in [0.4, 0.5) is 10.8 Å². The lowest BCUT2D eigenvalue weighted by molar-refractivity contribution is 0.101. The summed E-state index contributed by atoms with van der Waals surface area (Å²) in [4.78, 5) is 4.15. The van der Waals surface area contributed by atoms with Gasteiger partial charge in [-0.1, -0.05) is 6.07 Å². The van der Waals surface area contributed by atoms with Crippen molar-refractivity contribution in [2.45, 2.75) is 31.4 Å². The molecule has 3 N–H and O–H groups in total. The Morgan fingerprint density at radius 3 is 3.10 bits per heavy atom. The Balaban J connectivity index is 1.88. The van der Waals surface area contributed by atoms with E-state index in [1.54, 1.807) is 13.3 Å². The SMILES string of the molecule is COC1CCCC1Nc1snc(N)c1-c1cccnc1. The molecule has 0 amide bonds. The highest BCUT2D eigenvalue weighted by Crippen LogP contribution is 2.38. The molecule has 2 aromatic rings. The first-order valence-electron chi connectivity index (χ1n) is 6.74. The summed E-state index contributed by atoms with van der Waals surface area (Å²) in [6.07, 6.45) is 7.23. The fourth-order valence-electron chi connectivity index (χ4n) is 2.73. The average Bonchev–Trinajstić information content (AvgIpc) is 3.07. The van der Waals surface area contributed by atoms with Gasteiger partial charge in [0.1, 0.15) is 10.8 Å². The number of nitrogen functional groups attached to an aromatic ring is 1. The number of anilines is 2. The molecular weight excluding hydrogens is 272 g/mol. The average molecular weight is 290 g/mol. The van der Waals surface area contributed by atoms with E-state index in [0.717, 1.165) is 29.0 Å². The van der Waals surface area contributed by atoms with E-state index in [4.69, 9.17) is 10.5 Å². The highest BCUT2D eigenvalue weighted by atomic mass is 32.1. The maximum Gasteiger partial charge on any atom is 0.147 e. The highest BCUT2D eigenvalue weighted by molar-refractivity contribution is 7.11. The van der Waals surface area contributed by atoms with Crippen molar-refractivity contribution in [3.63, 3.8) is 0 Å². The molecule has 2 atom stereocenters. The largest absolute Gasteiger partial charge is 0.382 e. The van der Waals surface area contributed by atoms with Crippen molar-refractivity contribution in [3.05, 3.63) is 24.5 Å². The predicted molar refractivity (Wildman–Crippen MR) is 81.8 cm³/mol. The molecule has 20 heavy (non-hydrogen) atoms. The van der Waals surface area contributed by atoms with Gasteiger partial charge < -0.3 is 15.8 Å². The third-order valence-electron chi connectivity index (χ3n) is 3.74. The number of aromatic nitrogens is 2. The molecular formula is C14H18N4OS. The Morgan fingerprint density at radius 1 is 1.45 bits per heavy atom. The number of hydrogen-bond donors (Lipinski definition) is 2. The van der Waals surface area contributed by atoms with E-state index < -0.39 is 0 Å². The summed E-state index contributed by atoms with van der Waals surface area (Å²) in [5.74, 6) is 0.553. The molecule has 1 fully saturated rings. The van der Waals surface area contributed by atoms with Gasteiger partial charge in [0.15, 0.2) is 0 Å². The zero-order valence-electron chi connectivity index (χ0n) is 11.4. The van der Waals surface area contributed by atoms with Crippen molar-refractivity contribution in [2.75, 3.05) is 18.2 Å². The van der Waals surface area contributed by atoms with Crippen LogP contribution < -0.4 is 11.1 Å². The molecule has 0 radical (unpaired) electrons. The molecule has 6 heteroatoms. The van der Waals surface area contributed by atoms with Gasteiger partial charge in [0.2, 0.25) is 0 Å². The van der Waals surface area contributed by atoms with Crippen LogP contribution in [0.5, 0.6) is 0 Å². The minimum Gasteiger partial charge on any atom is -0.382 e. The molecule has 0 spiro atoms. The summed E-state index contributed by atoms with van der Waals surface area (Å²) in [6, 6.07) is 4.24. The summed E-state index contributed by atoms with van der Waals surface area (Å²) in [5, 5.41) is 4.56. The molecule has 3 rings (SSSR count). The maximum absolute atomic E-state index is 6.02. The van der Waals surface area contributed by atoms with Crippen molar-refractivity contribution in [1.82, 2.24) is 9.36 Å². The predicted octanol–water partition coefficient (Wildman–Crippen LogP) is 2.77. The Kier molecular flexibility index (Phi) is 3.84. The third kappa shape index (κ3) is 2.48. The first-order valence-corrected chi connectivity index (χ1v) is 7.52. The number of hydrogen-bond acceptors (Lipinski definition) is 6. The van der Waals surface area contributed by atoms with Crippen LogP contribution in [-0.4, -0.2) is 28.6 Å². The van der Waals surface area contributed by atoms with E-state index in [9.17, 15) is 0 Å². The van der Waals surface area contributed by atoms with E-state index in [2.05, 4.69) is 14.7 Å². The summed E-state index contributed by atoms with van der Waals surface area (Å²) >= 11 is 1.40. The van der Waals surface area contributed by atoms with Crippen LogP contribution in [0.1, 0.15) is 19.3 Å². The lowest BCUT2D eigenvalue weighted by atomic mass is 10.1. The van der Waals surface area contributed by atoms with Crippen molar-refractivity contribution < 1.29 is 4.74 Å². The molecule has 2 aromatic heterocycles. The van der Waals surface area contributed by atoms with Gasteiger partial charge in [-0.2, -0.15) is 4.37 Å². The van der Waals surface area contributed by atoms with Gasteiger partial charge in [0, 0.05) is 25.1 Å². The molecule has 2 unspecified atom stereocenters. The quantitative estimate of drug-likeness (QED) is 0.905. The molecule has 0 aromatic carbocycles. The van der Waals surface area contributed by atoms with Gasteiger partial charge in [0.25, 0.3) is 0 Å². The Morgan fingerprint density at radius 2 is 2.35 bits per heavy atom. The number of nitrogens with zero attached hydrogens (tertiary/aromatic N) is 2. The van der Waals surface area contributed by atoms with Crippen LogP contribution in [0, 0.1) is 0 Å². The number of nitrogens with one attached hydrogen (secondary N) is 1. The van der Waals surface area contributed by atoms with Gasteiger partial charge in [-0.3, -0.25) is 4.98 Å². The first-order chi connectivity index (χ1) is 9.79. The molecule has 1 saturated carbocycles. The van der Waals surface area contributed by atoms with Gasteiger partial charge in [-0.05, 0) is 36.9 Å². The standard InChI is InChI=1S/C14H18N4OS/c1-19-11-6-2-5-10(11)17-14-12(13(15)18-20-14)9-4-3-7-16-8-9/h3-4,7-8,10-11,17H,2,5-6H2,1H3,(H2,15,18). The minimum atomic E-state index is 0.264. The lowest BCUT2D eigenvalue weighted by Gasteiger charge is -2.20. The van der Waals surface area contributed by atoms with Crippen LogP contribution in [0.2, 0.25) is 0 Å². The fraction of sp³-hybridized carbons (Fsp3) is 0.429. The molecule has 0 bridgehead atoms. The first kappa shape index (κ1) is 13.3. The fourth-order valence-corrected chi connectivity index (χ4v) is 3.53. The van der Waals surface area contributed by atoms with Crippen molar-refractivity contribution in [2.24, 2.45) is 0 Å². The summed E-state index contributed by atoms with van der Waals surface area (Å²) in [7, 11) is 1.77. The van der Waals surface area contributed by atoms with E-state index in [0.29, 0.717) is 11.9 Å². The van der Waals surface area contributed by atoms with Gasteiger partial charge in [0.05, 0.1) is 17.7 Å². The zero-order valence-corrected chi connectivity index (χ0v) is 12.2. The number of nitrogens with two attached hydrogens (primary N) is 1. The monoisotopic (exact) mass is 290 g/mol. The topological polar surface area (TPSA) is 73.1 Å². The van der Waals surface area contributed by atoms with E-state index in [-0.39, 0.29) is 6.10 Å². The second-order valence-corrected chi connectivity index (χ2v) is 5.74. The minimum absolute atomic E-state index is 0.264. The summed E-state index contributed by atoms with van der Waals surface area (Å²) < 4.78 is 9.80. The molecule has 106 valence electrons. The maximum atomic E-state index is 6.02. The highest BCUT2D eigenvalue weighted by Gasteiger charge is 2.28. The van der Waals surface area contributed by atoms with E-state index in [1.165, 1.54) is 18.0 Å². The Labute approximate surface area is 122 Å². The number of methoxy groups -OCH3 is 1. The summed E-state index contributed by atoms with van der Waals surface area (Å²) in [6.45, 7) is 0. The van der Waals surface area contributed by atoms with Crippen molar-refractivity contribution in [3.8, 4) is 11.1 Å². The van der Waals surface area contributed by atoms with Crippen LogP contribution >= 0.6 is 11.5 Å². The number of pyridine rings is 1. The van der Waals surface area contributed by atoms with Gasteiger partial charge in [-0.15, -0.1) is 0 Å². The van der Waals surface area contributed by atoms with E-state index in [1.807, 2.05) is 18.3 Å². The van der Waals surface area contributed by atoms with Crippen LogP contribution in [0.3, 0.4) is 0 Å². The van der Waals surface area contributed by atoms with Crippen molar-refractivity contribution in [1.29, 1.82) is 0 Å². The van der Waals surface area contributed by atoms with Gasteiger partial charge in [-0.25, -0.2) is 0 Å². The van der Waals surface area contributed by atoms with Crippen LogP contribution in [0.15, 0.2) is 24.5 Å². The third-order valence-corrected chi connectivity index (χ3v) is 4.53. The molecule has 1 aliphatic rings. The second kappa shape index (κ2) is 5.76. The van der Waals surface area contributed by atoms with E-state index >= 15 is 0 Å². The summed E-state index contributed by atoms with van der Waals surface area (Å²) in [5.41, 5.74) is 7.96. The second-order valence-electron chi connectivity index (χ2n) is 4.97. The van der Waals surface area contributed by atoms with Gasteiger partial charge >= 0.3 is 0 Å². The molecule has 0 aliphatic heterocycles.